The van der Waals surface area contributed by atoms with E-state index in [1.807, 2.05) is 0 Å². The maximum Gasteiger partial charge on any atom is 0.335 e. The van der Waals surface area contributed by atoms with E-state index in [9.17, 15) is 14.4 Å². The number of carboxylic acid groups (broad SMARTS) is 1. The normalized spacial score (nSPS) is 14.7. The van der Waals surface area contributed by atoms with E-state index in [1.165, 1.54) is 25.3 Å². The first-order valence-electron chi connectivity index (χ1n) is 6.05. The zero-order valence-corrected chi connectivity index (χ0v) is 11.5. The molecule has 0 aromatic heterocycles. The lowest BCUT2D eigenvalue weighted by molar-refractivity contribution is 0.0275. The van der Waals surface area contributed by atoms with Crippen LogP contribution in [0.25, 0.3) is 0 Å². The van der Waals surface area contributed by atoms with Crippen LogP contribution in [-0.2, 0) is 4.74 Å². The summed E-state index contributed by atoms with van der Waals surface area (Å²) in [4.78, 5) is 36.7. The Kier molecular flexibility index (Phi) is 3.35. The Morgan fingerprint density at radius 3 is 2.40 bits per heavy atom. The molecule has 0 fully saturated rings. The van der Waals surface area contributed by atoms with E-state index in [0.29, 0.717) is 0 Å². The molecule has 0 saturated carbocycles. The van der Waals surface area contributed by atoms with Crippen molar-refractivity contribution >= 4 is 17.8 Å². The molecular formula is C14H15NO5. The Morgan fingerprint density at radius 1 is 1.25 bits per heavy atom. The fraction of sp³-hybridized carbons (Fsp3) is 0.357. The van der Waals surface area contributed by atoms with Crippen molar-refractivity contribution in [1.29, 1.82) is 0 Å². The van der Waals surface area contributed by atoms with Gasteiger partial charge in [0.25, 0.3) is 11.8 Å². The lowest BCUT2D eigenvalue weighted by Gasteiger charge is -2.32. The molecule has 1 heterocycles. The molecule has 6 heteroatoms. The molecule has 1 N–H and O–H groups in total. The molecule has 106 valence electrons. The van der Waals surface area contributed by atoms with Gasteiger partial charge in [-0.15, -0.1) is 0 Å². The van der Waals surface area contributed by atoms with Gasteiger partial charge in [-0.25, -0.2) is 4.79 Å². The van der Waals surface area contributed by atoms with Crippen LogP contribution in [-0.4, -0.2) is 47.0 Å². The highest BCUT2D eigenvalue weighted by atomic mass is 16.5. The lowest BCUT2D eigenvalue weighted by atomic mass is 10.0. The second-order valence-corrected chi connectivity index (χ2v) is 5.26. The number of ether oxygens (including phenoxy) is 1. The molecule has 0 radical (unpaired) electrons. The fourth-order valence-electron chi connectivity index (χ4n) is 2.34. The van der Waals surface area contributed by atoms with Gasteiger partial charge in [0.1, 0.15) is 0 Å². The number of nitrogens with zero attached hydrogens (tertiary/aromatic N) is 1. The van der Waals surface area contributed by atoms with Gasteiger partial charge in [-0.3, -0.25) is 14.5 Å². The number of fused-ring (bicyclic) bond motifs is 1. The van der Waals surface area contributed by atoms with Gasteiger partial charge < -0.3 is 9.84 Å². The summed E-state index contributed by atoms with van der Waals surface area (Å²) >= 11 is 0. The smallest absolute Gasteiger partial charge is 0.335 e. The van der Waals surface area contributed by atoms with Crippen molar-refractivity contribution in [2.75, 3.05) is 13.7 Å². The van der Waals surface area contributed by atoms with E-state index in [4.69, 9.17) is 9.84 Å². The van der Waals surface area contributed by atoms with Gasteiger partial charge >= 0.3 is 5.97 Å². The lowest BCUT2D eigenvalue weighted by Crippen LogP contribution is -2.50. The van der Waals surface area contributed by atoms with Gasteiger partial charge in [0, 0.05) is 7.11 Å². The predicted octanol–water partition coefficient (Wildman–Crippen LogP) is 1.41. The van der Waals surface area contributed by atoms with E-state index in [1.54, 1.807) is 13.8 Å². The van der Waals surface area contributed by atoms with E-state index in [0.717, 1.165) is 4.90 Å². The van der Waals surface area contributed by atoms with E-state index in [-0.39, 0.29) is 23.3 Å². The van der Waals surface area contributed by atoms with Gasteiger partial charge in [0.2, 0.25) is 0 Å². The van der Waals surface area contributed by atoms with Crippen molar-refractivity contribution in [3.63, 3.8) is 0 Å². The maximum atomic E-state index is 12.4. The van der Waals surface area contributed by atoms with Crippen molar-refractivity contribution in [3.8, 4) is 0 Å². The Bertz CT molecular complexity index is 606. The monoisotopic (exact) mass is 277 g/mol. The molecule has 0 bridgehead atoms. The number of amides is 2. The maximum absolute atomic E-state index is 12.4. The SMILES string of the molecule is COCC(C)(C)N1C(=O)c2ccc(C(=O)O)cc2C1=O. The standard InChI is InChI=1S/C14H15NO5/c1-14(2,7-20-3)15-11(16)9-5-4-8(13(18)19)6-10(9)12(15)17/h4-6H,7H2,1-3H3,(H,18,19). The number of hydrogen-bond donors (Lipinski definition) is 1. The zero-order valence-electron chi connectivity index (χ0n) is 11.5. The Hall–Kier alpha value is -2.21. The summed E-state index contributed by atoms with van der Waals surface area (Å²) in [7, 11) is 1.49. The minimum absolute atomic E-state index is 0.0173. The number of carbonyl (C=O) groups is 3. The molecule has 0 spiro atoms. The molecule has 1 aliphatic rings. The van der Waals surface area contributed by atoms with E-state index >= 15 is 0 Å². The molecule has 0 aliphatic carbocycles. The molecule has 0 unspecified atom stereocenters. The number of methoxy groups -OCH3 is 1. The number of rotatable bonds is 4. The highest BCUT2D eigenvalue weighted by Crippen LogP contribution is 2.30. The van der Waals surface area contributed by atoms with Gasteiger partial charge in [-0.2, -0.15) is 0 Å². The third-order valence-corrected chi connectivity index (χ3v) is 3.24. The van der Waals surface area contributed by atoms with Crippen molar-refractivity contribution in [2.24, 2.45) is 0 Å². The Labute approximate surface area is 115 Å². The fourth-order valence-corrected chi connectivity index (χ4v) is 2.34. The minimum Gasteiger partial charge on any atom is -0.478 e. The van der Waals surface area contributed by atoms with Crippen LogP contribution in [0, 0.1) is 0 Å². The number of aromatic carboxylic acids is 1. The largest absolute Gasteiger partial charge is 0.478 e. The quantitative estimate of drug-likeness (QED) is 0.841. The molecule has 0 saturated heterocycles. The van der Waals surface area contributed by atoms with Crippen LogP contribution in [0.2, 0.25) is 0 Å². The summed E-state index contributed by atoms with van der Waals surface area (Å²) in [6.07, 6.45) is 0. The van der Waals surface area contributed by atoms with Crippen molar-refractivity contribution in [3.05, 3.63) is 34.9 Å². The first kappa shape index (κ1) is 14.2. The van der Waals surface area contributed by atoms with Crippen LogP contribution < -0.4 is 0 Å². The zero-order chi connectivity index (χ0) is 15.1. The summed E-state index contributed by atoms with van der Waals surface area (Å²) in [6, 6.07) is 3.93. The number of benzene rings is 1. The first-order valence-corrected chi connectivity index (χ1v) is 6.05. The van der Waals surface area contributed by atoms with Gasteiger partial charge in [-0.05, 0) is 32.0 Å². The predicted molar refractivity (Wildman–Crippen MR) is 69.9 cm³/mol. The minimum atomic E-state index is -1.14. The molecule has 2 amide bonds. The highest BCUT2D eigenvalue weighted by molar-refractivity contribution is 6.22. The van der Waals surface area contributed by atoms with Crippen molar-refractivity contribution < 1.29 is 24.2 Å². The summed E-state index contributed by atoms with van der Waals surface area (Å²) < 4.78 is 5.04. The molecule has 1 aromatic carbocycles. The number of hydrogen-bond acceptors (Lipinski definition) is 4. The molecule has 6 nitrogen and oxygen atoms in total. The van der Waals surface area contributed by atoms with Crippen LogP contribution in [0.3, 0.4) is 0 Å². The molecule has 1 aromatic rings. The molecule has 0 atom stereocenters. The average Bonchev–Trinajstić information content (AvgIpc) is 2.61. The third kappa shape index (κ3) is 2.08. The molecule has 1 aliphatic heterocycles. The number of carbonyl (C=O) groups excluding carboxylic acids is 2. The summed E-state index contributed by atoms with van der Waals surface area (Å²) in [6.45, 7) is 3.64. The van der Waals surface area contributed by atoms with Crippen LogP contribution in [0.4, 0.5) is 0 Å². The second-order valence-electron chi connectivity index (χ2n) is 5.26. The molecule has 20 heavy (non-hydrogen) atoms. The van der Waals surface area contributed by atoms with Gasteiger partial charge in [-0.1, -0.05) is 0 Å². The molecular weight excluding hydrogens is 262 g/mol. The summed E-state index contributed by atoms with van der Waals surface area (Å²) in [5.74, 6) is -2.05. The van der Waals surface area contributed by atoms with Crippen LogP contribution in [0.5, 0.6) is 0 Å². The third-order valence-electron chi connectivity index (χ3n) is 3.24. The summed E-state index contributed by atoms with van der Waals surface area (Å²) in [5, 5.41) is 8.95. The first-order chi connectivity index (χ1) is 9.29. The van der Waals surface area contributed by atoms with Crippen LogP contribution in [0.15, 0.2) is 18.2 Å². The average molecular weight is 277 g/mol. The van der Waals surface area contributed by atoms with Crippen LogP contribution >= 0.6 is 0 Å². The highest BCUT2D eigenvalue weighted by Gasteiger charge is 2.44. The van der Waals surface area contributed by atoms with Crippen LogP contribution in [0.1, 0.15) is 44.9 Å². The van der Waals surface area contributed by atoms with Gasteiger partial charge in [0.15, 0.2) is 0 Å². The van der Waals surface area contributed by atoms with Crippen molar-refractivity contribution in [2.45, 2.75) is 19.4 Å². The number of imide groups is 1. The van der Waals surface area contributed by atoms with Gasteiger partial charge in [0.05, 0.1) is 28.8 Å². The topological polar surface area (TPSA) is 83.9 Å². The summed E-state index contributed by atoms with van der Waals surface area (Å²) in [5.41, 5.74) is -0.467. The van der Waals surface area contributed by atoms with E-state index < -0.39 is 23.3 Å². The Balaban J connectivity index is 2.48. The Morgan fingerprint density at radius 2 is 1.85 bits per heavy atom. The van der Waals surface area contributed by atoms with E-state index in [2.05, 4.69) is 0 Å². The van der Waals surface area contributed by atoms with Crippen molar-refractivity contribution in [1.82, 2.24) is 4.90 Å². The number of carboxylic acids is 1. The molecule has 2 rings (SSSR count). The second kappa shape index (κ2) is 4.72.